The molecule has 3 nitrogen and oxygen atoms in total. The maximum atomic E-state index is 13.1. The van der Waals surface area contributed by atoms with Crippen molar-refractivity contribution in [1.82, 2.24) is 0 Å². The number of nitrogens with two attached hydrogens (primary N) is 1. The van der Waals surface area contributed by atoms with Gasteiger partial charge in [0.05, 0.1) is 20.9 Å². The van der Waals surface area contributed by atoms with E-state index < -0.39 is 11.6 Å². The van der Waals surface area contributed by atoms with Gasteiger partial charge in [-0.1, -0.05) is 0 Å². The molecule has 0 saturated heterocycles. The monoisotopic (exact) mass is 386 g/mol. The van der Waals surface area contributed by atoms with Crippen molar-refractivity contribution < 1.29 is 13.5 Å². The van der Waals surface area contributed by atoms with Crippen LogP contribution in [0.1, 0.15) is 11.1 Å². The molecule has 2 rings (SSSR count). The molecule has 0 atom stereocenters. The maximum Gasteiger partial charge on any atom is 0.156 e. The summed E-state index contributed by atoms with van der Waals surface area (Å²) in [4.78, 5) is 0. The van der Waals surface area contributed by atoms with Crippen molar-refractivity contribution in [2.24, 2.45) is 0 Å². The number of hydrogen-bond donors (Lipinski definition) is 1. The zero-order chi connectivity index (χ0) is 14.7. The first-order valence-corrected chi connectivity index (χ1v) is 6.64. The van der Waals surface area contributed by atoms with Crippen molar-refractivity contribution in [3.63, 3.8) is 0 Å². The van der Waals surface area contributed by atoms with Crippen molar-refractivity contribution in [3.8, 4) is 11.8 Å². The predicted molar refractivity (Wildman–Crippen MR) is 79.0 cm³/mol. The molecular formula is C14H9F2IN2O. The van der Waals surface area contributed by atoms with Crippen LogP contribution < -0.4 is 10.5 Å². The zero-order valence-corrected chi connectivity index (χ0v) is 12.3. The molecule has 0 amide bonds. The van der Waals surface area contributed by atoms with E-state index >= 15 is 0 Å². The second kappa shape index (κ2) is 6.05. The van der Waals surface area contributed by atoms with E-state index in [-0.39, 0.29) is 6.61 Å². The highest BCUT2D eigenvalue weighted by molar-refractivity contribution is 14.1. The predicted octanol–water partition coefficient (Wildman–Crippen LogP) is 3.60. The number of anilines is 1. The minimum absolute atomic E-state index is 0.0131. The summed E-state index contributed by atoms with van der Waals surface area (Å²) in [6, 6.07) is 8.27. The van der Waals surface area contributed by atoms with Crippen molar-refractivity contribution in [2.45, 2.75) is 6.61 Å². The van der Waals surface area contributed by atoms with Crippen LogP contribution in [0, 0.1) is 26.5 Å². The first-order valence-electron chi connectivity index (χ1n) is 5.56. The molecule has 0 aliphatic heterocycles. The Balaban J connectivity index is 2.21. The summed E-state index contributed by atoms with van der Waals surface area (Å²) in [7, 11) is 0. The highest BCUT2D eigenvalue weighted by atomic mass is 127. The molecule has 0 aromatic heterocycles. The van der Waals surface area contributed by atoms with E-state index in [1.165, 1.54) is 18.2 Å². The average Bonchev–Trinajstić information content (AvgIpc) is 2.36. The molecule has 0 bridgehead atoms. The number of halogens is 3. The first kappa shape index (κ1) is 14.5. The Bertz CT molecular complexity index is 655. The molecule has 0 saturated carbocycles. The Kier molecular flexibility index (Phi) is 4.39. The van der Waals surface area contributed by atoms with Gasteiger partial charge in [-0.15, -0.1) is 0 Å². The summed E-state index contributed by atoms with van der Waals surface area (Å²) < 4.78 is 32.3. The van der Waals surface area contributed by atoms with Gasteiger partial charge in [0.1, 0.15) is 18.2 Å². The first-order chi connectivity index (χ1) is 9.49. The van der Waals surface area contributed by atoms with Crippen LogP contribution in [0.3, 0.4) is 0 Å². The van der Waals surface area contributed by atoms with Gasteiger partial charge >= 0.3 is 0 Å². The normalized spacial score (nSPS) is 10.1. The number of nitrogen functional groups attached to an aromatic ring is 1. The molecule has 2 N–H and O–H groups in total. The molecular weight excluding hydrogens is 377 g/mol. The van der Waals surface area contributed by atoms with Gasteiger partial charge in [-0.2, -0.15) is 5.26 Å². The summed E-state index contributed by atoms with van der Waals surface area (Å²) in [6.07, 6.45) is 0. The molecule has 0 aliphatic carbocycles. The van der Waals surface area contributed by atoms with Crippen molar-refractivity contribution in [2.75, 3.05) is 5.73 Å². The third kappa shape index (κ3) is 3.36. The van der Waals surface area contributed by atoms with E-state index in [2.05, 4.69) is 0 Å². The Hall–Kier alpha value is -1.88. The molecule has 2 aromatic rings. The number of ether oxygens (including phenoxy) is 1. The summed E-state index contributed by atoms with van der Waals surface area (Å²) in [5.41, 5.74) is 6.89. The van der Waals surface area contributed by atoms with Crippen LogP contribution in [0.25, 0.3) is 0 Å². The Morgan fingerprint density at radius 2 is 1.80 bits per heavy atom. The van der Waals surface area contributed by atoms with Gasteiger partial charge in [0.15, 0.2) is 5.75 Å². The molecule has 0 heterocycles. The van der Waals surface area contributed by atoms with E-state index in [9.17, 15) is 8.78 Å². The van der Waals surface area contributed by atoms with Crippen LogP contribution in [-0.4, -0.2) is 0 Å². The summed E-state index contributed by atoms with van der Waals surface area (Å²) in [6.45, 7) is -0.0131. The number of nitrogens with zero attached hydrogens (tertiary/aromatic N) is 1. The van der Waals surface area contributed by atoms with E-state index in [1.54, 1.807) is 6.07 Å². The molecule has 0 aliphatic rings. The van der Waals surface area contributed by atoms with Crippen molar-refractivity contribution in [1.29, 1.82) is 5.26 Å². The number of rotatable bonds is 3. The number of nitriles is 1. The van der Waals surface area contributed by atoms with Gasteiger partial charge < -0.3 is 10.5 Å². The van der Waals surface area contributed by atoms with Crippen LogP contribution in [0.2, 0.25) is 0 Å². The number of benzene rings is 2. The van der Waals surface area contributed by atoms with Crippen LogP contribution >= 0.6 is 22.6 Å². The topological polar surface area (TPSA) is 59.0 Å². The highest BCUT2D eigenvalue weighted by Gasteiger charge is 2.09. The third-order valence-corrected chi connectivity index (χ3v) is 3.31. The van der Waals surface area contributed by atoms with Crippen LogP contribution in [0.15, 0.2) is 30.3 Å². The van der Waals surface area contributed by atoms with Crippen LogP contribution in [-0.2, 0) is 6.61 Å². The largest absolute Gasteiger partial charge is 0.486 e. The van der Waals surface area contributed by atoms with Gasteiger partial charge in [0.25, 0.3) is 0 Å². The molecule has 0 fully saturated rings. The second-order valence-electron chi connectivity index (χ2n) is 4.05. The fourth-order valence-electron chi connectivity index (χ4n) is 1.68. The summed E-state index contributed by atoms with van der Waals surface area (Å²) in [5, 5.41) is 8.81. The van der Waals surface area contributed by atoms with Crippen LogP contribution in [0.4, 0.5) is 14.5 Å². The van der Waals surface area contributed by atoms with Gasteiger partial charge in [-0.05, 0) is 52.4 Å². The zero-order valence-electron chi connectivity index (χ0n) is 10.2. The molecule has 0 radical (unpaired) electrons. The van der Waals surface area contributed by atoms with E-state index in [0.29, 0.717) is 26.1 Å². The van der Waals surface area contributed by atoms with Gasteiger partial charge in [0, 0.05) is 6.07 Å². The van der Waals surface area contributed by atoms with E-state index in [0.717, 1.165) is 6.07 Å². The van der Waals surface area contributed by atoms with Gasteiger partial charge in [0.2, 0.25) is 0 Å². The Morgan fingerprint density at radius 3 is 2.35 bits per heavy atom. The van der Waals surface area contributed by atoms with Crippen molar-refractivity contribution in [3.05, 3.63) is 56.7 Å². The molecule has 6 heteroatoms. The maximum absolute atomic E-state index is 13.1. The average molecular weight is 386 g/mol. The molecule has 102 valence electrons. The fraction of sp³-hybridized carbons (Fsp3) is 0.0714. The van der Waals surface area contributed by atoms with Crippen LogP contribution in [0.5, 0.6) is 5.75 Å². The standard InChI is InChI=1S/C14H9F2IN2O/c15-10-1-9(2-11(16)5-10)7-20-14-12(17)3-8(6-18)4-13(14)19/h1-5H,7,19H2. The molecule has 20 heavy (non-hydrogen) atoms. The molecule has 2 aromatic carbocycles. The summed E-state index contributed by atoms with van der Waals surface area (Å²) >= 11 is 1.99. The van der Waals surface area contributed by atoms with E-state index in [1.807, 2.05) is 28.7 Å². The van der Waals surface area contributed by atoms with E-state index in [4.69, 9.17) is 15.7 Å². The second-order valence-corrected chi connectivity index (χ2v) is 5.22. The molecule has 0 unspecified atom stereocenters. The molecule has 0 spiro atoms. The minimum atomic E-state index is -0.661. The fourth-order valence-corrected chi connectivity index (χ4v) is 2.48. The van der Waals surface area contributed by atoms with Gasteiger partial charge in [-0.3, -0.25) is 0 Å². The lowest BCUT2D eigenvalue weighted by Gasteiger charge is -2.11. The lowest BCUT2D eigenvalue weighted by molar-refractivity contribution is 0.304. The van der Waals surface area contributed by atoms with Crippen molar-refractivity contribution >= 4 is 28.3 Å². The Labute approximate surface area is 128 Å². The Morgan fingerprint density at radius 1 is 1.15 bits per heavy atom. The lowest BCUT2D eigenvalue weighted by atomic mass is 10.2. The quantitative estimate of drug-likeness (QED) is 0.648. The smallest absolute Gasteiger partial charge is 0.156 e. The summed E-state index contributed by atoms with van der Waals surface area (Å²) in [5.74, 6) is -0.925. The highest BCUT2D eigenvalue weighted by Crippen LogP contribution is 2.30. The minimum Gasteiger partial charge on any atom is -0.486 e. The lowest BCUT2D eigenvalue weighted by Crippen LogP contribution is -2.02. The SMILES string of the molecule is N#Cc1cc(N)c(OCc2cc(F)cc(F)c2)c(I)c1. The van der Waals surface area contributed by atoms with Gasteiger partial charge in [-0.25, -0.2) is 8.78 Å². The third-order valence-electron chi connectivity index (χ3n) is 2.51. The number of hydrogen-bond acceptors (Lipinski definition) is 3.